The van der Waals surface area contributed by atoms with E-state index in [9.17, 15) is 9.18 Å². The lowest BCUT2D eigenvalue weighted by molar-refractivity contribution is -0.117. The van der Waals surface area contributed by atoms with E-state index in [0.717, 1.165) is 44.1 Å². The van der Waals surface area contributed by atoms with Gasteiger partial charge < -0.3 is 14.8 Å². The van der Waals surface area contributed by atoms with Crippen molar-refractivity contribution < 1.29 is 18.7 Å². The first-order valence-corrected chi connectivity index (χ1v) is 9.73. The number of morpholine rings is 1. The molecule has 3 rings (SSSR count). The molecule has 0 bridgehead atoms. The minimum atomic E-state index is -0.403. The lowest BCUT2D eigenvalue weighted by atomic mass is 10.2. The summed E-state index contributed by atoms with van der Waals surface area (Å²) in [4.78, 5) is 16.5. The molecule has 1 heterocycles. The Morgan fingerprint density at radius 2 is 1.86 bits per heavy atom. The zero-order valence-corrected chi connectivity index (χ0v) is 17.0. The lowest BCUT2D eigenvalue weighted by Crippen LogP contribution is -2.35. The zero-order valence-electron chi connectivity index (χ0n) is 17.0. The zero-order chi connectivity index (χ0) is 20.6. The fraction of sp³-hybridized carbons (Fsp3) is 0.409. The standard InChI is InChI=1S/C22H28FN3O3/c1-25(14-18-5-8-21(28-2)20(23)13-18)16-22(27)24-19-6-3-17(4-7-19)15-26-9-11-29-12-10-26/h3-8,13H,9-12,14-16H2,1-2H3,(H,24,27). The van der Waals surface area contributed by atoms with E-state index < -0.39 is 5.82 Å². The number of likely N-dealkylation sites (N-methyl/N-ethyl adjacent to an activating group) is 1. The lowest BCUT2D eigenvalue weighted by Gasteiger charge is -2.26. The highest BCUT2D eigenvalue weighted by molar-refractivity contribution is 5.92. The van der Waals surface area contributed by atoms with Gasteiger partial charge in [-0.25, -0.2) is 4.39 Å². The van der Waals surface area contributed by atoms with Crippen molar-refractivity contribution >= 4 is 11.6 Å². The Kier molecular flexibility index (Phi) is 7.57. The molecule has 0 atom stereocenters. The molecule has 0 aliphatic carbocycles. The summed E-state index contributed by atoms with van der Waals surface area (Å²) in [6.45, 7) is 5.02. The number of ether oxygens (including phenoxy) is 2. The highest BCUT2D eigenvalue weighted by Crippen LogP contribution is 2.18. The number of nitrogens with one attached hydrogen (secondary N) is 1. The molecule has 0 radical (unpaired) electrons. The van der Waals surface area contributed by atoms with Gasteiger partial charge in [-0.15, -0.1) is 0 Å². The van der Waals surface area contributed by atoms with Crippen LogP contribution in [0.2, 0.25) is 0 Å². The topological polar surface area (TPSA) is 54.0 Å². The van der Waals surface area contributed by atoms with Gasteiger partial charge >= 0.3 is 0 Å². The van der Waals surface area contributed by atoms with Crippen LogP contribution >= 0.6 is 0 Å². The Hall–Kier alpha value is -2.48. The van der Waals surface area contributed by atoms with Gasteiger partial charge in [0.2, 0.25) is 5.91 Å². The minimum Gasteiger partial charge on any atom is -0.494 e. The highest BCUT2D eigenvalue weighted by atomic mass is 19.1. The average molecular weight is 401 g/mol. The number of carbonyl (C=O) groups is 1. The maximum absolute atomic E-state index is 13.8. The second-order valence-electron chi connectivity index (χ2n) is 7.27. The highest BCUT2D eigenvalue weighted by Gasteiger charge is 2.12. The molecule has 1 amide bonds. The smallest absolute Gasteiger partial charge is 0.238 e. The van der Waals surface area contributed by atoms with Gasteiger partial charge in [0.15, 0.2) is 11.6 Å². The van der Waals surface area contributed by atoms with Crippen LogP contribution in [0.4, 0.5) is 10.1 Å². The van der Waals surface area contributed by atoms with Crippen LogP contribution in [0.3, 0.4) is 0 Å². The molecule has 29 heavy (non-hydrogen) atoms. The van der Waals surface area contributed by atoms with Gasteiger partial charge in [0.25, 0.3) is 0 Å². The molecule has 1 saturated heterocycles. The third-order valence-corrected chi connectivity index (χ3v) is 4.83. The maximum atomic E-state index is 13.8. The monoisotopic (exact) mass is 401 g/mol. The van der Waals surface area contributed by atoms with Crippen molar-refractivity contribution in [1.82, 2.24) is 9.80 Å². The van der Waals surface area contributed by atoms with E-state index in [2.05, 4.69) is 10.2 Å². The van der Waals surface area contributed by atoms with Gasteiger partial charge in [-0.1, -0.05) is 18.2 Å². The second kappa shape index (κ2) is 10.3. The third kappa shape index (κ3) is 6.52. The number of anilines is 1. The summed E-state index contributed by atoms with van der Waals surface area (Å²) in [6, 6.07) is 12.7. The maximum Gasteiger partial charge on any atom is 0.238 e. The number of rotatable bonds is 8. The van der Waals surface area contributed by atoms with Crippen LogP contribution in [-0.2, 0) is 22.6 Å². The van der Waals surface area contributed by atoms with Crippen molar-refractivity contribution in [3.8, 4) is 5.75 Å². The van der Waals surface area contributed by atoms with E-state index in [-0.39, 0.29) is 18.2 Å². The fourth-order valence-electron chi connectivity index (χ4n) is 3.33. The fourth-order valence-corrected chi connectivity index (χ4v) is 3.33. The van der Waals surface area contributed by atoms with E-state index in [1.807, 2.05) is 36.2 Å². The summed E-state index contributed by atoms with van der Waals surface area (Å²) in [5, 5.41) is 2.91. The molecule has 1 fully saturated rings. The summed E-state index contributed by atoms with van der Waals surface area (Å²) in [6.07, 6.45) is 0. The molecule has 0 aromatic heterocycles. The number of nitrogens with zero attached hydrogens (tertiary/aromatic N) is 2. The first-order chi connectivity index (χ1) is 14.0. The normalized spacial score (nSPS) is 14.8. The van der Waals surface area contributed by atoms with Crippen LogP contribution in [0.5, 0.6) is 5.75 Å². The SMILES string of the molecule is COc1ccc(CN(C)CC(=O)Nc2ccc(CN3CCOCC3)cc2)cc1F. The van der Waals surface area contributed by atoms with Gasteiger partial charge in [-0.2, -0.15) is 0 Å². The number of amides is 1. The largest absolute Gasteiger partial charge is 0.494 e. The summed E-state index contributed by atoms with van der Waals surface area (Å²) in [7, 11) is 3.26. The Morgan fingerprint density at radius 3 is 2.52 bits per heavy atom. The van der Waals surface area contributed by atoms with Gasteiger partial charge in [-0.05, 0) is 42.4 Å². The number of hydrogen-bond donors (Lipinski definition) is 1. The molecule has 2 aromatic rings. The Bertz CT molecular complexity index is 807. The Balaban J connectivity index is 1.46. The summed E-state index contributed by atoms with van der Waals surface area (Å²) in [5.74, 6) is -0.298. The molecule has 0 unspecified atom stereocenters. The van der Waals surface area contributed by atoms with Crippen LogP contribution in [0.15, 0.2) is 42.5 Å². The molecule has 1 N–H and O–H groups in total. The van der Waals surface area contributed by atoms with Crippen molar-refractivity contribution in [2.24, 2.45) is 0 Å². The number of hydrogen-bond acceptors (Lipinski definition) is 5. The Labute approximate surface area is 171 Å². The van der Waals surface area contributed by atoms with Crippen LogP contribution in [0, 0.1) is 5.82 Å². The summed E-state index contributed by atoms with van der Waals surface area (Å²) < 4.78 is 24.1. The third-order valence-electron chi connectivity index (χ3n) is 4.83. The predicted molar refractivity (Wildman–Crippen MR) is 110 cm³/mol. The molecular weight excluding hydrogens is 373 g/mol. The van der Waals surface area contributed by atoms with Crippen molar-refractivity contribution in [2.75, 3.05) is 52.3 Å². The van der Waals surface area contributed by atoms with Crippen molar-refractivity contribution in [3.63, 3.8) is 0 Å². The number of benzene rings is 2. The predicted octanol–water partition coefficient (Wildman–Crippen LogP) is 2.74. The molecule has 2 aromatic carbocycles. The van der Waals surface area contributed by atoms with Crippen molar-refractivity contribution in [3.05, 3.63) is 59.4 Å². The molecule has 1 aliphatic rings. The Morgan fingerprint density at radius 1 is 1.17 bits per heavy atom. The number of halogens is 1. The molecule has 0 saturated carbocycles. The van der Waals surface area contributed by atoms with Crippen molar-refractivity contribution in [1.29, 1.82) is 0 Å². The van der Waals surface area contributed by atoms with E-state index in [1.165, 1.54) is 18.7 Å². The first kappa shape index (κ1) is 21.2. The summed E-state index contributed by atoms with van der Waals surface area (Å²) in [5.41, 5.74) is 2.76. The minimum absolute atomic E-state index is 0.109. The first-order valence-electron chi connectivity index (χ1n) is 9.73. The van der Waals surface area contributed by atoms with Crippen molar-refractivity contribution in [2.45, 2.75) is 13.1 Å². The van der Waals surface area contributed by atoms with Crippen LogP contribution < -0.4 is 10.1 Å². The van der Waals surface area contributed by atoms with Crippen LogP contribution in [0.25, 0.3) is 0 Å². The van der Waals surface area contributed by atoms with E-state index in [1.54, 1.807) is 12.1 Å². The van der Waals surface area contributed by atoms with Crippen LogP contribution in [0.1, 0.15) is 11.1 Å². The van der Waals surface area contributed by atoms with E-state index in [4.69, 9.17) is 9.47 Å². The van der Waals surface area contributed by atoms with E-state index in [0.29, 0.717) is 6.54 Å². The van der Waals surface area contributed by atoms with Crippen LogP contribution in [-0.4, -0.2) is 62.7 Å². The quantitative estimate of drug-likeness (QED) is 0.737. The molecule has 1 aliphatic heterocycles. The molecule has 156 valence electrons. The van der Waals surface area contributed by atoms with Gasteiger partial charge in [0.1, 0.15) is 0 Å². The molecule has 6 nitrogen and oxygen atoms in total. The van der Waals surface area contributed by atoms with E-state index >= 15 is 0 Å². The molecule has 7 heteroatoms. The summed E-state index contributed by atoms with van der Waals surface area (Å²) >= 11 is 0. The molecular formula is C22H28FN3O3. The molecule has 0 spiro atoms. The second-order valence-corrected chi connectivity index (χ2v) is 7.27. The van der Waals surface area contributed by atoms with Gasteiger partial charge in [0.05, 0.1) is 26.9 Å². The number of methoxy groups -OCH3 is 1. The number of carbonyl (C=O) groups excluding carboxylic acids is 1. The van der Waals surface area contributed by atoms with Gasteiger partial charge in [-0.3, -0.25) is 14.6 Å². The van der Waals surface area contributed by atoms with Gasteiger partial charge in [0, 0.05) is 31.9 Å². The average Bonchev–Trinajstić information content (AvgIpc) is 2.70.